The van der Waals surface area contributed by atoms with Crippen LogP contribution in [0.15, 0.2) is 6.07 Å². The summed E-state index contributed by atoms with van der Waals surface area (Å²) in [5, 5.41) is 3.36. The summed E-state index contributed by atoms with van der Waals surface area (Å²) in [6.07, 6.45) is 6.22. The van der Waals surface area contributed by atoms with Crippen LogP contribution in [0, 0.1) is 0 Å². The minimum Gasteiger partial charge on any atom is -0.369 e. The van der Waals surface area contributed by atoms with E-state index in [1.165, 1.54) is 25.7 Å². The predicted octanol–water partition coefficient (Wildman–Crippen LogP) is 1.61. The quantitative estimate of drug-likeness (QED) is 0.519. The van der Waals surface area contributed by atoms with Crippen molar-refractivity contribution in [1.29, 1.82) is 0 Å². The van der Waals surface area contributed by atoms with E-state index in [-0.39, 0.29) is 0 Å². The number of rotatable bonds is 7. The molecule has 0 unspecified atom stereocenters. The van der Waals surface area contributed by atoms with Crippen LogP contribution in [-0.2, 0) is 6.42 Å². The number of nitrogens with zero attached hydrogens (tertiary/aromatic N) is 3. The molecule has 4 N–H and O–H groups in total. The average Bonchev–Trinajstić information content (AvgIpc) is 3.01. The molecule has 0 atom stereocenters. The SMILES string of the molecule is CCc1nc(NN)cc(NCCN(C)C2CCCC2)n1. The Morgan fingerprint density at radius 3 is 2.65 bits per heavy atom. The predicted molar refractivity (Wildman–Crippen MR) is 82.6 cm³/mol. The molecule has 1 saturated carbocycles. The fourth-order valence-corrected chi connectivity index (χ4v) is 2.71. The van der Waals surface area contributed by atoms with E-state index in [1.807, 2.05) is 13.0 Å². The van der Waals surface area contributed by atoms with Crippen LogP contribution in [0.3, 0.4) is 0 Å². The normalized spacial score (nSPS) is 15.8. The summed E-state index contributed by atoms with van der Waals surface area (Å²) in [7, 11) is 2.21. The molecule has 6 nitrogen and oxygen atoms in total. The second-order valence-electron chi connectivity index (χ2n) is 5.40. The van der Waals surface area contributed by atoms with Crippen LogP contribution in [0.4, 0.5) is 11.6 Å². The van der Waals surface area contributed by atoms with Gasteiger partial charge in [-0.25, -0.2) is 15.8 Å². The summed E-state index contributed by atoms with van der Waals surface area (Å²) >= 11 is 0. The lowest BCUT2D eigenvalue weighted by atomic mass is 10.2. The Bertz CT molecular complexity index is 394. The maximum absolute atomic E-state index is 5.43. The standard InChI is InChI=1S/C14H26N6/c1-3-12-17-13(10-14(18-12)19-15)16-8-9-20(2)11-6-4-5-7-11/h10-11H,3-9,15H2,1-2H3,(H2,16,17,18,19). The average molecular weight is 278 g/mol. The van der Waals surface area contributed by atoms with Crippen LogP contribution >= 0.6 is 0 Å². The molecule has 2 rings (SSSR count). The molecule has 1 heterocycles. The van der Waals surface area contributed by atoms with Crippen LogP contribution < -0.4 is 16.6 Å². The number of likely N-dealkylation sites (N-methyl/N-ethyl adjacent to an activating group) is 1. The summed E-state index contributed by atoms with van der Waals surface area (Å²) in [4.78, 5) is 11.2. The first-order chi connectivity index (χ1) is 9.72. The minimum atomic E-state index is 0.656. The zero-order valence-corrected chi connectivity index (χ0v) is 12.5. The Balaban J connectivity index is 1.83. The number of hydrogen-bond donors (Lipinski definition) is 3. The summed E-state index contributed by atoms with van der Waals surface area (Å²) in [6.45, 7) is 3.95. The largest absolute Gasteiger partial charge is 0.369 e. The highest BCUT2D eigenvalue weighted by Gasteiger charge is 2.18. The van der Waals surface area contributed by atoms with Gasteiger partial charge in [-0.1, -0.05) is 19.8 Å². The van der Waals surface area contributed by atoms with Crippen molar-refractivity contribution in [3.05, 3.63) is 11.9 Å². The molecule has 112 valence electrons. The molecule has 20 heavy (non-hydrogen) atoms. The number of nitrogen functional groups attached to an aromatic ring is 1. The van der Waals surface area contributed by atoms with Gasteiger partial charge < -0.3 is 15.6 Å². The molecule has 0 aliphatic heterocycles. The molecule has 0 amide bonds. The summed E-state index contributed by atoms with van der Waals surface area (Å²) < 4.78 is 0. The third kappa shape index (κ3) is 4.05. The molecule has 0 radical (unpaired) electrons. The maximum Gasteiger partial charge on any atom is 0.145 e. The van der Waals surface area contributed by atoms with E-state index in [2.05, 4.69) is 32.7 Å². The number of anilines is 2. The first-order valence-corrected chi connectivity index (χ1v) is 7.51. The topological polar surface area (TPSA) is 79.1 Å². The molecule has 1 aliphatic rings. The van der Waals surface area contributed by atoms with Crippen LogP contribution in [0.1, 0.15) is 38.4 Å². The second kappa shape index (κ2) is 7.40. The lowest BCUT2D eigenvalue weighted by Gasteiger charge is -2.24. The van der Waals surface area contributed by atoms with Crippen LogP contribution in [0.2, 0.25) is 0 Å². The van der Waals surface area contributed by atoms with Crippen molar-refractivity contribution in [2.24, 2.45) is 5.84 Å². The van der Waals surface area contributed by atoms with Crippen molar-refractivity contribution in [3.63, 3.8) is 0 Å². The van der Waals surface area contributed by atoms with E-state index in [9.17, 15) is 0 Å². The van der Waals surface area contributed by atoms with E-state index >= 15 is 0 Å². The first-order valence-electron chi connectivity index (χ1n) is 7.51. The molecule has 1 aromatic heterocycles. The summed E-state index contributed by atoms with van der Waals surface area (Å²) in [5.74, 6) is 7.72. The lowest BCUT2D eigenvalue weighted by Crippen LogP contribution is -2.33. The van der Waals surface area contributed by atoms with Crippen molar-refractivity contribution >= 4 is 11.6 Å². The number of hydrogen-bond acceptors (Lipinski definition) is 6. The van der Waals surface area contributed by atoms with E-state index in [0.29, 0.717) is 5.82 Å². The lowest BCUT2D eigenvalue weighted by molar-refractivity contribution is 0.254. The highest BCUT2D eigenvalue weighted by molar-refractivity contribution is 5.46. The maximum atomic E-state index is 5.43. The highest BCUT2D eigenvalue weighted by atomic mass is 15.3. The smallest absolute Gasteiger partial charge is 0.145 e. The molecule has 1 aromatic rings. The molecular formula is C14H26N6. The number of nitrogens with two attached hydrogens (primary N) is 1. The monoisotopic (exact) mass is 278 g/mol. The fraction of sp³-hybridized carbons (Fsp3) is 0.714. The van der Waals surface area contributed by atoms with Gasteiger partial charge in [0.1, 0.15) is 17.5 Å². The Morgan fingerprint density at radius 2 is 2.00 bits per heavy atom. The van der Waals surface area contributed by atoms with Crippen molar-refractivity contribution in [2.45, 2.75) is 45.1 Å². The highest BCUT2D eigenvalue weighted by Crippen LogP contribution is 2.22. The minimum absolute atomic E-state index is 0.656. The zero-order chi connectivity index (χ0) is 14.4. The molecule has 0 bridgehead atoms. The molecular weight excluding hydrogens is 252 g/mol. The van der Waals surface area contributed by atoms with Gasteiger partial charge in [0, 0.05) is 31.6 Å². The van der Waals surface area contributed by atoms with Gasteiger partial charge in [-0.2, -0.15) is 0 Å². The zero-order valence-electron chi connectivity index (χ0n) is 12.5. The molecule has 1 aliphatic carbocycles. The van der Waals surface area contributed by atoms with E-state index in [4.69, 9.17) is 5.84 Å². The molecule has 1 fully saturated rings. The van der Waals surface area contributed by atoms with Crippen molar-refractivity contribution in [2.75, 3.05) is 30.9 Å². The van der Waals surface area contributed by atoms with Gasteiger partial charge >= 0.3 is 0 Å². The third-order valence-electron chi connectivity index (χ3n) is 3.96. The molecule has 0 aromatic carbocycles. The third-order valence-corrected chi connectivity index (χ3v) is 3.96. The van der Waals surface area contributed by atoms with Crippen LogP contribution in [0.5, 0.6) is 0 Å². The van der Waals surface area contributed by atoms with Crippen LogP contribution in [-0.4, -0.2) is 41.0 Å². The Labute approximate surface area is 121 Å². The van der Waals surface area contributed by atoms with Gasteiger partial charge in [0.2, 0.25) is 0 Å². The van der Waals surface area contributed by atoms with Gasteiger partial charge in [0.05, 0.1) is 0 Å². The fourth-order valence-electron chi connectivity index (χ4n) is 2.71. The van der Waals surface area contributed by atoms with Gasteiger partial charge in [-0.05, 0) is 19.9 Å². The summed E-state index contributed by atoms with van der Waals surface area (Å²) in [5.41, 5.74) is 2.58. The Hall–Kier alpha value is -1.40. The van der Waals surface area contributed by atoms with Gasteiger partial charge in [0.15, 0.2) is 0 Å². The number of nitrogens with one attached hydrogen (secondary N) is 2. The van der Waals surface area contributed by atoms with Gasteiger partial charge in [-0.3, -0.25) is 0 Å². The number of hydrazine groups is 1. The molecule has 6 heteroatoms. The van der Waals surface area contributed by atoms with E-state index in [1.54, 1.807) is 0 Å². The summed E-state index contributed by atoms with van der Waals surface area (Å²) in [6, 6.07) is 2.60. The Kier molecular flexibility index (Phi) is 5.55. The van der Waals surface area contributed by atoms with E-state index in [0.717, 1.165) is 37.2 Å². The van der Waals surface area contributed by atoms with Crippen molar-refractivity contribution < 1.29 is 0 Å². The van der Waals surface area contributed by atoms with Gasteiger partial charge in [-0.15, -0.1) is 0 Å². The molecule has 0 saturated heterocycles. The molecule has 0 spiro atoms. The van der Waals surface area contributed by atoms with Crippen molar-refractivity contribution in [3.8, 4) is 0 Å². The van der Waals surface area contributed by atoms with Gasteiger partial charge in [0.25, 0.3) is 0 Å². The van der Waals surface area contributed by atoms with Crippen molar-refractivity contribution in [1.82, 2.24) is 14.9 Å². The van der Waals surface area contributed by atoms with E-state index < -0.39 is 0 Å². The number of aryl methyl sites for hydroxylation is 1. The Morgan fingerprint density at radius 1 is 1.30 bits per heavy atom. The second-order valence-corrected chi connectivity index (χ2v) is 5.40. The van der Waals surface area contributed by atoms with Crippen LogP contribution in [0.25, 0.3) is 0 Å². The first kappa shape index (κ1) is 15.0. The number of aromatic nitrogens is 2.